The van der Waals surface area contributed by atoms with Crippen LogP contribution in [0.25, 0.3) is 0 Å². The van der Waals surface area contributed by atoms with Gasteiger partial charge in [0.2, 0.25) is 0 Å². The van der Waals surface area contributed by atoms with E-state index in [0.717, 1.165) is 10.8 Å². The molecule has 0 radical (unpaired) electrons. The van der Waals surface area contributed by atoms with E-state index in [1.165, 1.54) is 0 Å². The summed E-state index contributed by atoms with van der Waals surface area (Å²) in [6.45, 7) is 12.4. The summed E-state index contributed by atoms with van der Waals surface area (Å²) in [7, 11) is -1.50. The molecule has 0 aliphatic heterocycles. The molecule has 13 heavy (non-hydrogen) atoms. The molecular formula is C11H20OSi. The minimum Gasteiger partial charge on any atom is -0.294 e. The third kappa shape index (κ3) is 4.25. The van der Waals surface area contributed by atoms with Gasteiger partial charge in [-0.3, -0.25) is 4.79 Å². The Labute approximate surface area is 82.6 Å². The van der Waals surface area contributed by atoms with Crippen molar-refractivity contribution in [3.8, 4) is 0 Å². The average molecular weight is 196 g/mol. The van der Waals surface area contributed by atoms with Crippen LogP contribution in [0.5, 0.6) is 0 Å². The Balaban J connectivity index is 5.26. The standard InChI is InChI=1S/C11H20OSi/c1-7-10(12)11(8-9(2)3)13(4,5)6/h7H2,1-6H3. The van der Waals surface area contributed by atoms with Crippen molar-refractivity contribution in [3.63, 3.8) is 0 Å². The van der Waals surface area contributed by atoms with Gasteiger partial charge in [-0.2, -0.15) is 0 Å². The number of ketones is 1. The van der Waals surface area contributed by atoms with Crippen LogP contribution in [0.15, 0.2) is 16.5 Å². The number of rotatable bonds is 3. The molecule has 0 unspecified atom stereocenters. The maximum absolute atomic E-state index is 11.6. The van der Waals surface area contributed by atoms with Crippen LogP contribution in [0.2, 0.25) is 19.6 Å². The molecule has 0 aliphatic rings. The van der Waals surface area contributed by atoms with Crippen molar-refractivity contribution in [1.82, 2.24) is 0 Å². The van der Waals surface area contributed by atoms with Crippen LogP contribution < -0.4 is 0 Å². The highest BCUT2D eigenvalue weighted by Gasteiger charge is 2.24. The molecule has 0 atom stereocenters. The fourth-order valence-electron chi connectivity index (χ4n) is 1.10. The average Bonchev–Trinajstić information content (AvgIpc) is 1.96. The lowest BCUT2D eigenvalue weighted by molar-refractivity contribution is -0.114. The van der Waals surface area contributed by atoms with E-state index in [9.17, 15) is 4.79 Å². The van der Waals surface area contributed by atoms with E-state index >= 15 is 0 Å². The molecular weight excluding hydrogens is 176 g/mol. The third-order valence-corrected chi connectivity index (χ3v) is 3.63. The number of hydrogen-bond donors (Lipinski definition) is 0. The summed E-state index contributed by atoms with van der Waals surface area (Å²) in [4.78, 5) is 11.6. The molecule has 0 N–H and O–H groups in total. The molecule has 0 heterocycles. The summed E-state index contributed by atoms with van der Waals surface area (Å²) >= 11 is 0. The van der Waals surface area contributed by atoms with Crippen molar-refractivity contribution in [2.75, 3.05) is 0 Å². The van der Waals surface area contributed by atoms with Crippen LogP contribution in [0.3, 0.4) is 0 Å². The Morgan fingerprint density at radius 3 is 1.92 bits per heavy atom. The Morgan fingerprint density at radius 1 is 1.23 bits per heavy atom. The monoisotopic (exact) mass is 196 g/mol. The predicted molar refractivity (Wildman–Crippen MR) is 60.5 cm³/mol. The highest BCUT2D eigenvalue weighted by Crippen LogP contribution is 2.16. The topological polar surface area (TPSA) is 17.1 Å². The van der Waals surface area contributed by atoms with Gasteiger partial charge in [0, 0.05) is 11.6 Å². The van der Waals surface area contributed by atoms with Crippen molar-refractivity contribution < 1.29 is 4.79 Å². The maximum atomic E-state index is 11.6. The number of carbonyl (C=O) groups excluding carboxylic acids is 1. The molecule has 0 fully saturated rings. The van der Waals surface area contributed by atoms with E-state index in [-0.39, 0.29) is 5.78 Å². The van der Waals surface area contributed by atoms with Crippen LogP contribution in [0, 0.1) is 0 Å². The van der Waals surface area contributed by atoms with Gasteiger partial charge >= 0.3 is 0 Å². The Morgan fingerprint density at radius 2 is 1.69 bits per heavy atom. The van der Waals surface area contributed by atoms with Gasteiger partial charge in [-0.05, 0) is 19.4 Å². The Kier molecular flexibility index (Phi) is 4.38. The van der Waals surface area contributed by atoms with Crippen molar-refractivity contribution in [1.29, 1.82) is 0 Å². The lowest BCUT2D eigenvalue weighted by Crippen LogP contribution is -2.28. The molecule has 74 valence electrons. The molecule has 0 aromatic heterocycles. The van der Waals surface area contributed by atoms with Crippen molar-refractivity contribution >= 4 is 13.9 Å². The van der Waals surface area contributed by atoms with Crippen molar-refractivity contribution in [2.24, 2.45) is 0 Å². The van der Waals surface area contributed by atoms with Crippen LogP contribution in [-0.4, -0.2) is 13.9 Å². The van der Waals surface area contributed by atoms with E-state index in [2.05, 4.69) is 25.4 Å². The molecule has 0 aromatic rings. The van der Waals surface area contributed by atoms with E-state index < -0.39 is 8.07 Å². The van der Waals surface area contributed by atoms with Gasteiger partial charge in [0.1, 0.15) is 0 Å². The number of Topliss-reactive ketones (excluding diaryl/α,β-unsaturated/α-hetero) is 1. The molecule has 0 aliphatic carbocycles. The lowest BCUT2D eigenvalue weighted by Gasteiger charge is -2.17. The normalized spacial score (nSPS) is 10.6. The summed E-state index contributed by atoms with van der Waals surface area (Å²) in [5, 5.41) is 0.954. The van der Waals surface area contributed by atoms with Crippen molar-refractivity contribution in [2.45, 2.75) is 46.8 Å². The smallest absolute Gasteiger partial charge is 0.162 e. The SMILES string of the molecule is CCC(=O)C(=C=C(C)C)[Si](C)(C)C. The first kappa shape index (κ1) is 12.4. The van der Waals surface area contributed by atoms with Gasteiger partial charge in [-0.25, -0.2) is 0 Å². The molecule has 0 saturated heterocycles. The lowest BCUT2D eigenvalue weighted by atomic mass is 10.2. The highest BCUT2D eigenvalue weighted by atomic mass is 28.3. The number of allylic oxidation sites excluding steroid dienone is 1. The molecule has 0 rings (SSSR count). The predicted octanol–water partition coefficient (Wildman–Crippen LogP) is 3.33. The molecule has 1 nitrogen and oxygen atoms in total. The van der Waals surface area contributed by atoms with Gasteiger partial charge in [-0.1, -0.05) is 26.6 Å². The zero-order valence-corrected chi connectivity index (χ0v) is 10.6. The minimum atomic E-state index is -1.50. The highest BCUT2D eigenvalue weighted by molar-refractivity contribution is 6.87. The summed E-state index contributed by atoms with van der Waals surface area (Å²) in [6.07, 6.45) is 0.597. The second-order valence-corrected chi connectivity index (χ2v) is 9.53. The van der Waals surface area contributed by atoms with Gasteiger partial charge < -0.3 is 0 Å². The van der Waals surface area contributed by atoms with E-state index in [4.69, 9.17) is 0 Å². The second-order valence-electron chi connectivity index (χ2n) is 4.53. The molecule has 0 bridgehead atoms. The molecule has 0 aromatic carbocycles. The Bertz CT molecular complexity index is 258. The Hall–Kier alpha value is -0.593. The first-order valence-electron chi connectivity index (χ1n) is 4.76. The summed E-state index contributed by atoms with van der Waals surface area (Å²) < 4.78 is 0. The zero-order chi connectivity index (χ0) is 10.6. The first-order valence-corrected chi connectivity index (χ1v) is 8.26. The van der Waals surface area contributed by atoms with E-state index in [1.54, 1.807) is 0 Å². The number of carbonyl (C=O) groups is 1. The van der Waals surface area contributed by atoms with Gasteiger partial charge in [0.05, 0.1) is 8.07 Å². The van der Waals surface area contributed by atoms with Crippen LogP contribution in [0.1, 0.15) is 27.2 Å². The third-order valence-electron chi connectivity index (χ3n) is 1.72. The van der Waals surface area contributed by atoms with Crippen molar-refractivity contribution in [3.05, 3.63) is 16.5 Å². The van der Waals surface area contributed by atoms with Crippen LogP contribution in [0.4, 0.5) is 0 Å². The second kappa shape index (κ2) is 4.59. The van der Waals surface area contributed by atoms with E-state index in [1.807, 2.05) is 20.8 Å². The van der Waals surface area contributed by atoms with E-state index in [0.29, 0.717) is 6.42 Å². The maximum Gasteiger partial charge on any atom is 0.162 e. The van der Waals surface area contributed by atoms with Gasteiger partial charge in [-0.15, -0.1) is 5.73 Å². The molecule has 0 spiro atoms. The fourth-order valence-corrected chi connectivity index (χ4v) is 2.74. The summed E-state index contributed by atoms with van der Waals surface area (Å²) in [6, 6.07) is 0. The first-order chi connectivity index (χ1) is 5.79. The quantitative estimate of drug-likeness (QED) is 0.384. The summed E-state index contributed by atoms with van der Waals surface area (Å²) in [5.74, 6) is 0.264. The zero-order valence-electron chi connectivity index (χ0n) is 9.62. The molecule has 2 heteroatoms. The summed E-state index contributed by atoms with van der Waals surface area (Å²) in [5.41, 5.74) is 4.31. The minimum absolute atomic E-state index is 0.264. The fraction of sp³-hybridized carbons (Fsp3) is 0.636. The molecule has 0 amide bonds. The number of hydrogen-bond acceptors (Lipinski definition) is 1. The largest absolute Gasteiger partial charge is 0.294 e. The molecule has 0 saturated carbocycles. The van der Waals surface area contributed by atoms with Crippen LogP contribution in [-0.2, 0) is 4.79 Å². The van der Waals surface area contributed by atoms with Gasteiger partial charge in [0.15, 0.2) is 5.78 Å². The van der Waals surface area contributed by atoms with Crippen LogP contribution >= 0.6 is 0 Å². The van der Waals surface area contributed by atoms with Gasteiger partial charge in [0.25, 0.3) is 0 Å².